The van der Waals surface area contributed by atoms with Gasteiger partial charge < -0.3 is 19.1 Å². The van der Waals surface area contributed by atoms with Gasteiger partial charge in [0.15, 0.2) is 0 Å². The Morgan fingerprint density at radius 2 is 1.92 bits per heavy atom. The van der Waals surface area contributed by atoms with Gasteiger partial charge in [0.2, 0.25) is 5.91 Å². The van der Waals surface area contributed by atoms with Crippen molar-refractivity contribution in [2.24, 2.45) is 0 Å². The first-order valence-corrected chi connectivity index (χ1v) is 9.56. The van der Waals surface area contributed by atoms with E-state index in [1.807, 2.05) is 54.3 Å². The van der Waals surface area contributed by atoms with Gasteiger partial charge in [0, 0.05) is 11.1 Å². The second kappa shape index (κ2) is 8.36. The summed E-state index contributed by atoms with van der Waals surface area (Å²) in [4.78, 5) is 14.5. The van der Waals surface area contributed by atoms with Crippen LogP contribution in [0.4, 0.5) is 0 Å². The van der Waals surface area contributed by atoms with Gasteiger partial charge >= 0.3 is 0 Å². The molecule has 1 aliphatic rings. The van der Waals surface area contributed by atoms with Crippen molar-refractivity contribution in [3.8, 4) is 17.2 Å². The maximum Gasteiger partial charge on any atom is 0.234 e. The number of benzene rings is 2. The molecular weight excluding hydrogens is 350 g/mol. The van der Waals surface area contributed by atoms with Crippen molar-refractivity contribution < 1.29 is 19.0 Å². The van der Waals surface area contributed by atoms with Crippen LogP contribution in [0.1, 0.15) is 23.4 Å². The maximum absolute atomic E-state index is 12.6. The topological polar surface area (TPSA) is 48.0 Å². The predicted molar refractivity (Wildman–Crippen MR) is 103 cm³/mol. The summed E-state index contributed by atoms with van der Waals surface area (Å²) in [7, 11) is 3.26. The zero-order chi connectivity index (χ0) is 18.5. The molecule has 1 unspecified atom stereocenters. The smallest absolute Gasteiger partial charge is 0.234 e. The van der Waals surface area contributed by atoms with Gasteiger partial charge in [-0.3, -0.25) is 4.79 Å². The minimum absolute atomic E-state index is 0.0823. The monoisotopic (exact) mass is 373 g/mol. The van der Waals surface area contributed by atoms with Crippen LogP contribution in [-0.4, -0.2) is 37.4 Å². The van der Waals surface area contributed by atoms with Gasteiger partial charge in [0.05, 0.1) is 33.1 Å². The zero-order valence-electron chi connectivity index (χ0n) is 15.2. The molecule has 2 aromatic rings. The molecule has 1 atom stereocenters. The van der Waals surface area contributed by atoms with Crippen molar-refractivity contribution in [1.29, 1.82) is 0 Å². The Morgan fingerprint density at radius 3 is 2.65 bits per heavy atom. The molecule has 1 fully saturated rings. The van der Waals surface area contributed by atoms with Crippen LogP contribution >= 0.6 is 11.8 Å². The summed E-state index contributed by atoms with van der Waals surface area (Å²) in [6, 6.07) is 13.5. The summed E-state index contributed by atoms with van der Waals surface area (Å²) in [5.41, 5.74) is 1.94. The normalized spacial score (nSPS) is 16.7. The molecular formula is C20H23NO4S. The second-order valence-corrected chi connectivity index (χ2v) is 6.90. The molecule has 5 nitrogen and oxygen atoms in total. The van der Waals surface area contributed by atoms with E-state index in [1.165, 1.54) is 0 Å². The van der Waals surface area contributed by atoms with E-state index in [4.69, 9.17) is 14.2 Å². The maximum atomic E-state index is 12.6. The number of para-hydroxylation sites is 1. The molecule has 2 aromatic carbocycles. The molecule has 138 valence electrons. The van der Waals surface area contributed by atoms with Crippen molar-refractivity contribution in [2.45, 2.75) is 18.8 Å². The van der Waals surface area contributed by atoms with E-state index in [9.17, 15) is 4.79 Å². The molecule has 0 N–H and O–H groups in total. The van der Waals surface area contributed by atoms with Crippen molar-refractivity contribution in [3.63, 3.8) is 0 Å². The number of carbonyl (C=O) groups excluding carboxylic acids is 1. The molecule has 0 spiro atoms. The summed E-state index contributed by atoms with van der Waals surface area (Å²) in [6.45, 7) is 3.01. The minimum Gasteiger partial charge on any atom is -0.497 e. The molecule has 1 aliphatic heterocycles. The fourth-order valence-corrected chi connectivity index (χ4v) is 4.26. The number of hydrogen-bond acceptors (Lipinski definition) is 5. The average molecular weight is 373 g/mol. The lowest BCUT2D eigenvalue weighted by Crippen LogP contribution is -2.28. The van der Waals surface area contributed by atoms with Crippen LogP contribution < -0.4 is 14.2 Å². The lowest BCUT2D eigenvalue weighted by atomic mass is 10.1. The number of amides is 1. The highest BCUT2D eigenvalue weighted by Gasteiger charge is 2.35. The Morgan fingerprint density at radius 1 is 1.12 bits per heavy atom. The molecule has 0 aromatic heterocycles. The average Bonchev–Trinajstić information content (AvgIpc) is 3.03. The molecule has 6 heteroatoms. The Hall–Kier alpha value is -2.34. The second-order valence-electron chi connectivity index (χ2n) is 5.83. The Labute approximate surface area is 158 Å². The van der Waals surface area contributed by atoms with Crippen LogP contribution in [0.5, 0.6) is 17.2 Å². The molecule has 26 heavy (non-hydrogen) atoms. The molecule has 1 amide bonds. The van der Waals surface area contributed by atoms with Crippen LogP contribution in [0.3, 0.4) is 0 Å². The number of carbonyl (C=O) groups is 1. The largest absolute Gasteiger partial charge is 0.497 e. The number of hydrogen-bond donors (Lipinski definition) is 0. The number of thioether (sulfide) groups is 1. The lowest BCUT2D eigenvalue weighted by Gasteiger charge is -2.26. The molecule has 0 bridgehead atoms. The highest BCUT2D eigenvalue weighted by molar-refractivity contribution is 8.00. The summed E-state index contributed by atoms with van der Waals surface area (Å²) in [6.07, 6.45) is 0. The zero-order valence-corrected chi connectivity index (χ0v) is 16.0. The standard InChI is InChI=1S/C20H23NO4S/c1-4-25-18-8-6-5-7-16(18)20-21(19(22)13-26-20)12-14-11-15(23-2)9-10-17(14)24-3/h5-11,20H,4,12-13H2,1-3H3. The predicted octanol–water partition coefficient (Wildman–Crippen LogP) is 3.88. The highest BCUT2D eigenvalue weighted by Crippen LogP contribution is 2.43. The Balaban J connectivity index is 1.92. The van der Waals surface area contributed by atoms with Crippen molar-refractivity contribution in [3.05, 3.63) is 53.6 Å². The number of rotatable bonds is 7. The van der Waals surface area contributed by atoms with Crippen LogP contribution in [0, 0.1) is 0 Å². The van der Waals surface area contributed by atoms with E-state index in [2.05, 4.69) is 0 Å². The summed E-state index contributed by atoms with van der Waals surface area (Å²) >= 11 is 1.62. The molecule has 0 saturated carbocycles. The van der Waals surface area contributed by atoms with E-state index in [0.29, 0.717) is 18.9 Å². The molecule has 1 saturated heterocycles. The van der Waals surface area contributed by atoms with E-state index >= 15 is 0 Å². The van der Waals surface area contributed by atoms with Crippen LogP contribution in [-0.2, 0) is 11.3 Å². The van der Waals surface area contributed by atoms with Crippen LogP contribution in [0.15, 0.2) is 42.5 Å². The van der Waals surface area contributed by atoms with Gasteiger partial charge in [0.25, 0.3) is 0 Å². The first-order valence-electron chi connectivity index (χ1n) is 8.51. The number of nitrogens with zero attached hydrogens (tertiary/aromatic N) is 1. The molecule has 0 aliphatic carbocycles. The van der Waals surface area contributed by atoms with Crippen molar-refractivity contribution in [2.75, 3.05) is 26.6 Å². The van der Waals surface area contributed by atoms with Crippen molar-refractivity contribution >= 4 is 17.7 Å². The quantitative estimate of drug-likeness (QED) is 0.737. The van der Waals surface area contributed by atoms with Gasteiger partial charge in [-0.05, 0) is 31.2 Å². The van der Waals surface area contributed by atoms with Gasteiger partial charge in [-0.25, -0.2) is 0 Å². The van der Waals surface area contributed by atoms with E-state index in [-0.39, 0.29) is 11.3 Å². The Kier molecular flexibility index (Phi) is 5.93. The van der Waals surface area contributed by atoms with Gasteiger partial charge in [0.1, 0.15) is 22.6 Å². The first-order chi connectivity index (χ1) is 12.7. The third-order valence-electron chi connectivity index (χ3n) is 4.28. The SMILES string of the molecule is CCOc1ccccc1C1SCC(=O)N1Cc1cc(OC)ccc1OC. The fraction of sp³-hybridized carbons (Fsp3) is 0.350. The fourth-order valence-electron chi connectivity index (χ4n) is 3.04. The lowest BCUT2D eigenvalue weighted by molar-refractivity contribution is -0.128. The van der Waals surface area contributed by atoms with E-state index in [1.54, 1.807) is 26.0 Å². The number of ether oxygens (including phenoxy) is 3. The highest BCUT2D eigenvalue weighted by atomic mass is 32.2. The minimum atomic E-state index is -0.0823. The van der Waals surface area contributed by atoms with E-state index in [0.717, 1.165) is 28.4 Å². The summed E-state index contributed by atoms with van der Waals surface area (Å²) in [5, 5.41) is -0.0823. The molecule has 1 heterocycles. The first kappa shape index (κ1) is 18.5. The van der Waals surface area contributed by atoms with Crippen LogP contribution in [0.25, 0.3) is 0 Å². The summed E-state index contributed by atoms with van der Waals surface area (Å²) in [5.74, 6) is 2.87. The van der Waals surface area contributed by atoms with Crippen molar-refractivity contribution in [1.82, 2.24) is 4.90 Å². The van der Waals surface area contributed by atoms with Crippen LogP contribution in [0.2, 0.25) is 0 Å². The third kappa shape index (κ3) is 3.75. The Bertz CT molecular complexity index is 780. The van der Waals surface area contributed by atoms with Gasteiger partial charge in [-0.1, -0.05) is 18.2 Å². The third-order valence-corrected chi connectivity index (χ3v) is 5.52. The van der Waals surface area contributed by atoms with E-state index < -0.39 is 0 Å². The molecule has 3 rings (SSSR count). The molecule has 0 radical (unpaired) electrons. The summed E-state index contributed by atoms with van der Waals surface area (Å²) < 4.78 is 16.6. The number of methoxy groups -OCH3 is 2. The van der Waals surface area contributed by atoms with Gasteiger partial charge in [-0.2, -0.15) is 0 Å². The van der Waals surface area contributed by atoms with Gasteiger partial charge in [-0.15, -0.1) is 11.8 Å².